The van der Waals surface area contributed by atoms with E-state index in [2.05, 4.69) is 35.8 Å². The van der Waals surface area contributed by atoms with Gasteiger partial charge in [-0.05, 0) is 48.2 Å². The molecule has 0 fully saturated rings. The maximum Gasteiger partial charge on any atom is 0.124 e. The van der Waals surface area contributed by atoms with Gasteiger partial charge in [-0.25, -0.2) is 4.39 Å². The molecule has 0 aromatic heterocycles. The number of rotatable bonds is 2. The maximum absolute atomic E-state index is 13.1. The van der Waals surface area contributed by atoms with Gasteiger partial charge in [-0.15, -0.1) is 0 Å². The van der Waals surface area contributed by atoms with Crippen LogP contribution in [0.5, 0.6) is 0 Å². The molecule has 94 valence electrons. The van der Waals surface area contributed by atoms with Crippen molar-refractivity contribution in [3.8, 4) is 0 Å². The molecule has 0 radical (unpaired) electrons. The monoisotopic (exact) mass is 307 g/mol. The Bertz CT molecular complexity index is 581. The molecule has 0 bridgehead atoms. The lowest BCUT2D eigenvalue weighted by molar-refractivity contribution is 0.625. The molecule has 2 N–H and O–H groups in total. The number of hydrogen-bond acceptors (Lipinski definition) is 1. The van der Waals surface area contributed by atoms with E-state index in [9.17, 15) is 4.39 Å². The third-order valence-corrected chi connectivity index (χ3v) is 3.97. The van der Waals surface area contributed by atoms with E-state index in [0.717, 1.165) is 11.1 Å². The van der Waals surface area contributed by atoms with Crippen LogP contribution in [0.1, 0.15) is 28.3 Å². The summed E-state index contributed by atoms with van der Waals surface area (Å²) in [6.07, 6.45) is 0. The lowest BCUT2D eigenvalue weighted by Gasteiger charge is -2.18. The molecule has 0 saturated carbocycles. The highest BCUT2D eigenvalue weighted by Gasteiger charge is 2.15. The van der Waals surface area contributed by atoms with Crippen LogP contribution in [-0.4, -0.2) is 0 Å². The average molecular weight is 308 g/mol. The molecule has 2 rings (SSSR count). The predicted molar refractivity (Wildman–Crippen MR) is 76.0 cm³/mol. The van der Waals surface area contributed by atoms with E-state index < -0.39 is 0 Å². The molecule has 0 saturated heterocycles. The minimum atomic E-state index is -0.265. The van der Waals surface area contributed by atoms with Crippen LogP contribution >= 0.6 is 15.9 Å². The van der Waals surface area contributed by atoms with Crippen LogP contribution in [0, 0.1) is 19.7 Å². The lowest BCUT2D eigenvalue weighted by atomic mass is 9.93. The van der Waals surface area contributed by atoms with Crippen LogP contribution < -0.4 is 5.73 Å². The fraction of sp³-hybridized carbons (Fsp3) is 0.200. The highest BCUT2D eigenvalue weighted by atomic mass is 79.9. The van der Waals surface area contributed by atoms with Crippen LogP contribution in [0.4, 0.5) is 4.39 Å². The summed E-state index contributed by atoms with van der Waals surface area (Å²) < 4.78 is 13.8. The molecule has 0 aliphatic heterocycles. The molecular formula is C15H15BrFN. The van der Waals surface area contributed by atoms with Crippen LogP contribution in [0.2, 0.25) is 0 Å². The molecule has 0 spiro atoms. The Labute approximate surface area is 115 Å². The summed E-state index contributed by atoms with van der Waals surface area (Å²) in [7, 11) is 0. The zero-order valence-electron chi connectivity index (χ0n) is 10.4. The first-order valence-corrected chi connectivity index (χ1v) is 6.56. The van der Waals surface area contributed by atoms with E-state index in [1.807, 2.05) is 12.1 Å². The van der Waals surface area contributed by atoms with Crippen molar-refractivity contribution in [1.82, 2.24) is 0 Å². The summed E-state index contributed by atoms with van der Waals surface area (Å²) in [4.78, 5) is 0. The minimum absolute atomic E-state index is 0.250. The van der Waals surface area contributed by atoms with E-state index in [1.165, 1.54) is 23.3 Å². The Balaban J connectivity index is 2.48. The Kier molecular flexibility index (Phi) is 3.83. The molecule has 0 aliphatic rings. The first-order chi connectivity index (χ1) is 8.50. The highest BCUT2D eigenvalue weighted by Crippen LogP contribution is 2.29. The summed E-state index contributed by atoms with van der Waals surface area (Å²) in [6.45, 7) is 4.12. The predicted octanol–water partition coefficient (Wildman–Crippen LogP) is 4.25. The van der Waals surface area contributed by atoms with Crippen molar-refractivity contribution in [2.45, 2.75) is 19.9 Å². The largest absolute Gasteiger partial charge is 0.320 e. The standard InChI is InChI=1S/C15H15BrFN/c1-9-4-3-5-12(10(9)2)15(18)13-7-6-11(17)8-14(13)16/h3-8,15H,18H2,1-2H3. The van der Waals surface area contributed by atoms with Crippen LogP contribution in [0.25, 0.3) is 0 Å². The Hall–Kier alpha value is -1.19. The topological polar surface area (TPSA) is 26.0 Å². The third kappa shape index (κ3) is 2.47. The Morgan fingerprint density at radius 2 is 1.83 bits per heavy atom. The summed E-state index contributed by atoms with van der Waals surface area (Å²) >= 11 is 3.37. The van der Waals surface area contributed by atoms with E-state index >= 15 is 0 Å². The second-order valence-electron chi connectivity index (χ2n) is 4.43. The van der Waals surface area contributed by atoms with Crippen molar-refractivity contribution >= 4 is 15.9 Å². The number of benzene rings is 2. The normalized spacial score (nSPS) is 12.5. The highest BCUT2D eigenvalue weighted by molar-refractivity contribution is 9.10. The van der Waals surface area contributed by atoms with Crippen molar-refractivity contribution in [3.05, 3.63) is 68.9 Å². The van der Waals surface area contributed by atoms with Gasteiger partial charge >= 0.3 is 0 Å². The van der Waals surface area contributed by atoms with E-state index in [1.54, 1.807) is 6.07 Å². The van der Waals surface area contributed by atoms with Gasteiger partial charge in [-0.2, -0.15) is 0 Å². The van der Waals surface area contributed by atoms with Gasteiger partial charge in [0.05, 0.1) is 6.04 Å². The van der Waals surface area contributed by atoms with E-state index in [0.29, 0.717) is 4.47 Å². The molecule has 0 heterocycles. The van der Waals surface area contributed by atoms with Crippen molar-refractivity contribution in [1.29, 1.82) is 0 Å². The number of nitrogens with two attached hydrogens (primary N) is 1. The van der Waals surface area contributed by atoms with Crippen molar-refractivity contribution in [2.75, 3.05) is 0 Å². The van der Waals surface area contributed by atoms with Crippen molar-refractivity contribution in [3.63, 3.8) is 0 Å². The molecule has 0 aliphatic carbocycles. The van der Waals surface area contributed by atoms with Crippen molar-refractivity contribution in [2.24, 2.45) is 5.73 Å². The number of hydrogen-bond donors (Lipinski definition) is 1. The molecule has 18 heavy (non-hydrogen) atoms. The van der Waals surface area contributed by atoms with E-state index in [4.69, 9.17) is 5.73 Å². The first kappa shape index (κ1) is 13.2. The molecule has 1 nitrogen and oxygen atoms in total. The fourth-order valence-corrected chi connectivity index (χ4v) is 2.63. The number of aryl methyl sites for hydroxylation is 1. The van der Waals surface area contributed by atoms with Gasteiger partial charge in [0.15, 0.2) is 0 Å². The molecular weight excluding hydrogens is 293 g/mol. The molecule has 1 atom stereocenters. The number of halogens is 2. The average Bonchev–Trinajstić information content (AvgIpc) is 2.32. The van der Waals surface area contributed by atoms with Gasteiger partial charge in [-0.3, -0.25) is 0 Å². The Morgan fingerprint density at radius 3 is 2.50 bits per heavy atom. The SMILES string of the molecule is Cc1cccc(C(N)c2ccc(F)cc2Br)c1C. The van der Waals surface area contributed by atoms with E-state index in [-0.39, 0.29) is 11.9 Å². The van der Waals surface area contributed by atoms with Gasteiger partial charge in [-0.1, -0.05) is 40.2 Å². The maximum atomic E-state index is 13.1. The molecule has 3 heteroatoms. The van der Waals surface area contributed by atoms with Gasteiger partial charge in [0.1, 0.15) is 5.82 Å². The summed E-state index contributed by atoms with van der Waals surface area (Å²) in [5.74, 6) is -0.265. The van der Waals surface area contributed by atoms with Crippen LogP contribution in [0.3, 0.4) is 0 Å². The van der Waals surface area contributed by atoms with Gasteiger partial charge in [0.25, 0.3) is 0 Å². The van der Waals surface area contributed by atoms with Gasteiger partial charge in [0.2, 0.25) is 0 Å². The fourth-order valence-electron chi connectivity index (χ4n) is 2.03. The second-order valence-corrected chi connectivity index (χ2v) is 5.29. The molecule has 2 aromatic rings. The lowest BCUT2D eigenvalue weighted by Crippen LogP contribution is -2.14. The van der Waals surface area contributed by atoms with Gasteiger partial charge < -0.3 is 5.73 Å². The van der Waals surface area contributed by atoms with Gasteiger partial charge in [0, 0.05) is 4.47 Å². The Morgan fingerprint density at radius 1 is 1.11 bits per heavy atom. The van der Waals surface area contributed by atoms with Crippen LogP contribution in [-0.2, 0) is 0 Å². The first-order valence-electron chi connectivity index (χ1n) is 5.77. The summed E-state index contributed by atoms with van der Waals surface area (Å²) in [5, 5.41) is 0. The zero-order chi connectivity index (χ0) is 13.3. The zero-order valence-corrected chi connectivity index (χ0v) is 12.0. The summed E-state index contributed by atoms with van der Waals surface area (Å²) in [6, 6.07) is 10.4. The van der Waals surface area contributed by atoms with Crippen LogP contribution in [0.15, 0.2) is 40.9 Å². The quantitative estimate of drug-likeness (QED) is 0.881. The van der Waals surface area contributed by atoms with Crippen molar-refractivity contribution < 1.29 is 4.39 Å². The third-order valence-electron chi connectivity index (χ3n) is 3.28. The smallest absolute Gasteiger partial charge is 0.124 e. The molecule has 1 unspecified atom stereocenters. The second kappa shape index (κ2) is 5.21. The minimum Gasteiger partial charge on any atom is -0.320 e. The molecule has 0 amide bonds. The summed E-state index contributed by atoms with van der Waals surface area (Å²) in [5.41, 5.74) is 10.6. The molecule has 2 aromatic carbocycles.